The summed E-state index contributed by atoms with van der Waals surface area (Å²) in [5.41, 5.74) is 0.553. The fourth-order valence-corrected chi connectivity index (χ4v) is 5.46. The predicted octanol–water partition coefficient (Wildman–Crippen LogP) is 2.72. The Kier molecular flexibility index (Phi) is 7.86. The fourth-order valence-electron chi connectivity index (χ4n) is 4.28. The van der Waals surface area contributed by atoms with Gasteiger partial charge in [-0.1, -0.05) is 13.0 Å². The zero-order valence-corrected chi connectivity index (χ0v) is 21.9. The lowest BCUT2D eigenvalue weighted by Gasteiger charge is -2.38. The molecule has 0 bridgehead atoms. The van der Waals surface area contributed by atoms with Crippen LogP contribution in [0.4, 0.5) is 10.1 Å². The van der Waals surface area contributed by atoms with Crippen LogP contribution in [0.25, 0.3) is 0 Å². The van der Waals surface area contributed by atoms with E-state index in [4.69, 9.17) is 4.74 Å². The van der Waals surface area contributed by atoms with E-state index < -0.39 is 28.0 Å². The van der Waals surface area contributed by atoms with Crippen LogP contribution < -0.4 is 10.1 Å². The number of nitrogens with one attached hydrogen (secondary N) is 1. The maximum Gasteiger partial charge on any atom is 0.258 e. The van der Waals surface area contributed by atoms with Crippen molar-refractivity contribution in [3.8, 4) is 5.75 Å². The van der Waals surface area contributed by atoms with Crippen LogP contribution in [-0.4, -0.2) is 73.4 Å². The van der Waals surface area contributed by atoms with Gasteiger partial charge >= 0.3 is 0 Å². The number of amides is 2. The first-order chi connectivity index (χ1) is 17.5. The molecule has 0 radical (unpaired) electrons. The molecule has 1 heterocycles. The lowest BCUT2D eigenvalue weighted by molar-refractivity contribution is -0.117. The van der Waals surface area contributed by atoms with Crippen molar-refractivity contribution in [2.24, 2.45) is 11.8 Å². The van der Waals surface area contributed by atoms with E-state index in [1.54, 1.807) is 30.0 Å². The largest absolute Gasteiger partial charge is 0.486 e. The van der Waals surface area contributed by atoms with Gasteiger partial charge in [0.25, 0.3) is 5.91 Å². The normalized spacial score (nSPS) is 21.0. The molecule has 11 heteroatoms. The molecular weight excluding hydrogens is 501 g/mol. The molecule has 2 aliphatic rings. The third-order valence-corrected chi connectivity index (χ3v) is 8.69. The molecule has 0 aromatic heterocycles. The number of sulfonamides is 1. The van der Waals surface area contributed by atoms with Crippen LogP contribution in [0.1, 0.15) is 37.0 Å². The average molecular weight is 534 g/mol. The lowest BCUT2D eigenvalue weighted by atomic mass is 9.99. The van der Waals surface area contributed by atoms with Crippen LogP contribution >= 0.6 is 0 Å². The van der Waals surface area contributed by atoms with Crippen LogP contribution in [0.5, 0.6) is 5.75 Å². The van der Waals surface area contributed by atoms with Crippen LogP contribution in [0.2, 0.25) is 0 Å². The van der Waals surface area contributed by atoms with Gasteiger partial charge < -0.3 is 20.1 Å². The summed E-state index contributed by atoms with van der Waals surface area (Å²) < 4.78 is 47.2. The number of aliphatic hydroxyl groups excluding tert-OH is 1. The minimum atomic E-state index is -3.96. The molecule has 1 saturated carbocycles. The standard InChI is InChI=1S/C26H32FN3O6S/c1-16-13-30(17(2)15-31)26(33)21-5-4-6-22(28-25(32)18-7-8-18)24(21)36-23(16)14-29(3)37(34,35)20-11-9-19(27)10-12-20/h4-6,9-12,16-18,23,31H,7-8,13-15H2,1-3H3,(H,28,32)/t16-,17+,23+/m0/s1. The van der Waals surface area contributed by atoms with Gasteiger partial charge in [-0.15, -0.1) is 0 Å². The Balaban J connectivity index is 1.70. The number of carbonyl (C=O) groups is 2. The number of halogens is 1. The van der Waals surface area contributed by atoms with Crippen LogP contribution in [0.3, 0.4) is 0 Å². The first-order valence-electron chi connectivity index (χ1n) is 12.3. The van der Waals surface area contributed by atoms with E-state index in [9.17, 15) is 27.5 Å². The molecule has 3 atom stereocenters. The summed E-state index contributed by atoms with van der Waals surface area (Å²) in [6.45, 7) is 3.46. The van der Waals surface area contributed by atoms with Gasteiger partial charge in [-0.25, -0.2) is 12.8 Å². The van der Waals surface area contributed by atoms with E-state index in [-0.39, 0.29) is 59.6 Å². The van der Waals surface area contributed by atoms with E-state index >= 15 is 0 Å². The zero-order chi connectivity index (χ0) is 26.9. The second kappa shape index (κ2) is 10.8. The zero-order valence-electron chi connectivity index (χ0n) is 21.1. The van der Waals surface area contributed by atoms with Gasteiger partial charge in [-0.2, -0.15) is 4.31 Å². The molecule has 2 amide bonds. The van der Waals surface area contributed by atoms with Crippen molar-refractivity contribution in [3.05, 3.63) is 53.8 Å². The van der Waals surface area contributed by atoms with Crippen molar-refractivity contribution in [1.82, 2.24) is 9.21 Å². The number of anilines is 1. The molecule has 200 valence electrons. The molecule has 37 heavy (non-hydrogen) atoms. The van der Waals surface area contributed by atoms with E-state index in [0.29, 0.717) is 5.69 Å². The SMILES string of the molecule is C[C@H](CO)N1C[C@H](C)[C@@H](CN(C)S(=O)(=O)c2ccc(F)cc2)Oc2c(NC(=O)C3CC3)cccc2C1=O. The summed E-state index contributed by atoms with van der Waals surface area (Å²) in [5, 5.41) is 12.7. The molecule has 2 aromatic carbocycles. The van der Waals surface area contributed by atoms with E-state index in [1.165, 1.54) is 19.2 Å². The number of fused-ring (bicyclic) bond motifs is 1. The maximum atomic E-state index is 13.5. The fraction of sp³-hybridized carbons (Fsp3) is 0.462. The Morgan fingerprint density at radius 1 is 1.24 bits per heavy atom. The highest BCUT2D eigenvalue weighted by Crippen LogP contribution is 2.37. The molecule has 0 saturated heterocycles. The number of ether oxygens (including phenoxy) is 1. The highest BCUT2D eigenvalue weighted by molar-refractivity contribution is 7.89. The summed E-state index contributed by atoms with van der Waals surface area (Å²) in [6, 6.07) is 8.96. The molecule has 4 rings (SSSR count). The number of nitrogens with zero attached hydrogens (tertiary/aromatic N) is 2. The summed E-state index contributed by atoms with van der Waals surface area (Å²) in [4.78, 5) is 27.5. The van der Waals surface area contributed by atoms with Crippen LogP contribution in [-0.2, 0) is 14.8 Å². The number of hydrogen-bond acceptors (Lipinski definition) is 6. The molecule has 9 nitrogen and oxygen atoms in total. The van der Waals surface area contributed by atoms with E-state index in [0.717, 1.165) is 29.3 Å². The van der Waals surface area contributed by atoms with Crippen molar-refractivity contribution < 1.29 is 32.2 Å². The summed E-state index contributed by atoms with van der Waals surface area (Å²) in [7, 11) is -2.55. The third kappa shape index (κ3) is 5.78. The van der Waals surface area contributed by atoms with Crippen molar-refractivity contribution >= 4 is 27.5 Å². The average Bonchev–Trinajstić information content (AvgIpc) is 3.72. The minimum Gasteiger partial charge on any atom is -0.486 e. The molecule has 0 spiro atoms. The Morgan fingerprint density at radius 2 is 1.92 bits per heavy atom. The summed E-state index contributed by atoms with van der Waals surface area (Å²) >= 11 is 0. The number of hydrogen-bond donors (Lipinski definition) is 2. The Bertz CT molecular complexity index is 1270. The predicted molar refractivity (Wildman–Crippen MR) is 135 cm³/mol. The highest BCUT2D eigenvalue weighted by Gasteiger charge is 2.37. The van der Waals surface area contributed by atoms with Gasteiger partial charge in [0, 0.05) is 25.4 Å². The van der Waals surface area contributed by atoms with Gasteiger partial charge in [-0.05, 0) is 56.2 Å². The molecule has 2 N–H and O–H groups in total. The van der Waals surface area contributed by atoms with Gasteiger partial charge in [0.1, 0.15) is 11.9 Å². The lowest BCUT2D eigenvalue weighted by Crippen LogP contribution is -2.50. The smallest absolute Gasteiger partial charge is 0.258 e. The first-order valence-corrected chi connectivity index (χ1v) is 13.7. The monoisotopic (exact) mass is 533 g/mol. The molecule has 2 aromatic rings. The van der Waals surface area contributed by atoms with E-state index in [1.807, 2.05) is 6.92 Å². The van der Waals surface area contributed by atoms with Gasteiger partial charge in [0.15, 0.2) is 5.75 Å². The highest BCUT2D eigenvalue weighted by atomic mass is 32.2. The summed E-state index contributed by atoms with van der Waals surface area (Å²) in [6.07, 6.45) is 0.891. The number of para-hydroxylation sites is 1. The quantitative estimate of drug-likeness (QED) is 0.539. The van der Waals surface area contributed by atoms with Crippen molar-refractivity contribution in [1.29, 1.82) is 0 Å². The Hall–Kier alpha value is -3.02. The minimum absolute atomic E-state index is 0.0570. The van der Waals surface area contributed by atoms with Crippen molar-refractivity contribution in [3.63, 3.8) is 0 Å². The first kappa shape index (κ1) is 27.0. The van der Waals surface area contributed by atoms with Crippen molar-refractivity contribution in [2.45, 2.75) is 43.7 Å². The maximum absolute atomic E-state index is 13.5. The molecular formula is C26H32FN3O6S. The number of carbonyl (C=O) groups excluding carboxylic acids is 2. The Labute approximate surface area is 216 Å². The number of rotatable bonds is 8. The number of benzene rings is 2. The van der Waals surface area contributed by atoms with E-state index in [2.05, 4.69) is 5.32 Å². The van der Waals surface area contributed by atoms with Crippen molar-refractivity contribution in [2.75, 3.05) is 32.1 Å². The summed E-state index contributed by atoms with van der Waals surface area (Å²) in [5.74, 6) is -1.30. The second-order valence-electron chi connectivity index (χ2n) is 9.81. The van der Waals surface area contributed by atoms with Gasteiger partial charge in [-0.3, -0.25) is 9.59 Å². The van der Waals surface area contributed by atoms with Crippen LogP contribution in [0, 0.1) is 17.7 Å². The molecule has 1 fully saturated rings. The van der Waals surface area contributed by atoms with Gasteiger partial charge in [0.2, 0.25) is 15.9 Å². The number of likely N-dealkylation sites (N-methyl/N-ethyl adjacent to an activating group) is 1. The molecule has 1 aliphatic carbocycles. The molecule has 0 unspecified atom stereocenters. The molecule has 1 aliphatic heterocycles. The second-order valence-corrected chi connectivity index (χ2v) is 11.9. The van der Waals surface area contributed by atoms with Gasteiger partial charge in [0.05, 0.1) is 35.3 Å². The Morgan fingerprint density at radius 3 is 2.54 bits per heavy atom. The number of aliphatic hydroxyl groups is 1. The third-order valence-electron chi connectivity index (χ3n) is 6.86. The van der Waals surface area contributed by atoms with Crippen LogP contribution in [0.15, 0.2) is 47.4 Å². The topological polar surface area (TPSA) is 116 Å².